The van der Waals surface area contributed by atoms with E-state index in [1.165, 1.54) is 6.07 Å². The van der Waals surface area contributed by atoms with Gasteiger partial charge in [0.15, 0.2) is 0 Å². The summed E-state index contributed by atoms with van der Waals surface area (Å²) in [7, 11) is 0. The molecular weight excluding hydrogens is 307 g/mol. The van der Waals surface area contributed by atoms with E-state index in [1.54, 1.807) is 6.92 Å². The Morgan fingerprint density at radius 1 is 1.30 bits per heavy atom. The number of alkyl halides is 3. The van der Waals surface area contributed by atoms with Gasteiger partial charge < -0.3 is 16.4 Å². The second-order valence-electron chi connectivity index (χ2n) is 5.60. The molecule has 0 fully saturated rings. The summed E-state index contributed by atoms with van der Waals surface area (Å²) < 4.78 is 38.5. The zero-order valence-corrected chi connectivity index (χ0v) is 13.5. The topological polar surface area (TPSA) is 67.1 Å². The molecule has 0 aliphatic rings. The number of hydrogen-bond acceptors (Lipinski definition) is 3. The summed E-state index contributed by atoms with van der Waals surface area (Å²) in [4.78, 5) is 11.9. The first-order chi connectivity index (χ1) is 10.7. The van der Waals surface area contributed by atoms with Gasteiger partial charge in [-0.2, -0.15) is 13.2 Å². The van der Waals surface area contributed by atoms with E-state index in [1.807, 2.05) is 6.92 Å². The molecule has 0 aliphatic heterocycles. The van der Waals surface area contributed by atoms with Gasteiger partial charge in [-0.05, 0) is 38.0 Å². The molecule has 1 atom stereocenters. The maximum atomic E-state index is 12.8. The van der Waals surface area contributed by atoms with Crippen LogP contribution in [-0.2, 0) is 11.0 Å². The van der Waals surface area contributed by atoms with E-state index >= 15 is 0 Å². The normalized spacial score (nSPS) is 12.8. The summed E-state index contributed by atoms with van der Waals surface area (Å²) in [6, 6.07) is 3.17. The van der Waals surface area contributed by atoms with E-state index in [4.69, 9.17) is 5.73 Å². The maximum Gasteiger partial charge on any atom is 0.416 e. The van der Waals surface area contributed by atoms with Crippen molar-refractivity contribution in [2.24, 2.45) is 5.73 Å². The lowest BCUT2D eigenvalue weighted by Crippen LogP contribution is -2.20. The monoisotopic (exact) mass is 331 g/mol. The Balaban J connectivity index is 2.91. The Morgan fingerprint density at radius 3 is 2.57 bits per heavy atom. The highest BCUT2D eigenvalue weighted by molar-refractivity contribution is 5.94. The summed E-state index contributed by atoms with van der Waals surface area (Å²) in [5.74, 6) is -0.347. The van der Waals surface area contributed by atoms with Crippen molar-refractivity contribution in [1.29, 1.82) is 0 Å². The predicted octanol–water partition coefficient (Wildman–Crippen LogP) is 3.98. The van der Waals surface area contributed by atoms with Gasteiger partial charge in [0.2, 0.25) is 5.91 Å². The average molecular weight is 331 g/mol. The average Bonchev–Trinajstić information content (AvgIpc) is 2.45. The highest BCUT2D eigenvalue weighted by atomic mass is 19.4. The van der Waals surface area contributed by atoms with Crippen molar-refractivity contribution in [1.82, 2.24) is 0 Å². The van der Waals surface area contributed by atoms with Crippen LogP contribution >= 0.6 is 0 Å². The predicted molar refractivity (Wildman–Crippen MR) is 86.4 cm³/mol. The summed E-state index contributed by atoms with van der Waals surface area (Å²) >= 11 is 0. The highest BCUT2D eigenvalue weighted by Gasteiger charge is 2.31. The second-order valence-corrected chi connectivity index (χ2v) is 5.60. The van der Waals surface area contributed by atoms with Crippen LogP contribution in [0.4, 0.5) is 24.5 Å². The number of carbonyl (C=O) groups excluding carboxylic acids is 1. The molecular formula is C16H24F3N3O. The number of carbonyl (C=O) groups is 1. The van der Waals surface area contributed by atoms with Crippen molar-refractivity contribution >= 4 is 17.3 Å². The summed E-state index contributed by atoms with van der Waals surface area (Å²) in [5, 5.41) is 5.60. The first kappa shape index (κ1) is 19.3. The van der Waals surface area contributed by atoms with Gasteiger partial charge >= 0.3 is 6.18 Å². The second kappa shape index (κ2) is 8.76. The number of amides is 1. The van der Waals surface area contributed by atoms with E-state index in [-0.39, 0.29) is 24.1 Å². The Hall–Kier alpha value is -1.76. The third-order valence-corrected chi connectivity index (χ3v) is 3.29. The zero-order valence-electron chi connectivity index (χ0n) is 13.5. The molecule has 4 nitrogen and oxygen atoms in total. The van der Waals surface area contributed by atoms with Crippen LogP contribution in [0, 0.1) is 0 Å². The quantitative estimate of drug-likeness (QED) is 0.631. The third kappa shape index (κ3) is 6.90. The number of nitrogens with two attached hydrogens (primary N) is 1. The Labute approximate surface area is 134 Å². The van der Waals surface area contributed by atoms with Crippen molar-refractivity contribution in [3.63, 3.8) is 0 Å². The molecule has 1 aromatic rings. The van der Waals surface area contributed by atoms with Crippen molar-refractivity contribution in [2.45, 2.75) is 51.7 Å². The van der Waals surface area contributed by atoms with E-state index in [0.717, 1.165) is 25.0 Å². The molecule has 0 heterocycles. The van der Waals surface area contributed by atoms with Crippen LogP contribution in [0.2, 0.25) is 0 Å². The number of hydrogen-bond donors (Lipinski definition) is 3. The number of nitrogens with one attached hydrogen (secondary N) is 2. The van der Waals surface area contributed by atoms with Gasteiger partial charge in [0.05, 0.1) is 16.9 Å². The van der Waals surface area contributed by atoms with Crippen LogP contribution in [-0.4, -0.2) is 18.5 Å². The van der Waals surface area contributed by atoms with E-state index in [0.29, 0.717) is 18.7 Å². The Morgan fingerprint density at radius 2 is 2.00 bits per heavy atom. The van der Waals surface area contributed by atoms with Crippen molar-refractivity contribution < 1.29 is 18.0 Å². The number of rotatable bonds is 8. The summed E-state index contributed by atoms with van der Waals surface area (Å²) in [5.41, 5.74) is 5.43. The molecule has 1 rings (SSSR count). The minimum atomic E-state index is -4.45. The molecule has 0 radical (unpaired) electrons. The van der Waals surface area contributed by atoms with Gasteiger partial charge in [-0.25, -0.2) is 0 Å². The molecule has 1 amide bonds. The summed E-state index contributed by atoms with van der Waals surface area (Å²) in [6.45, 7) is 4.42. The van der Waals surface area contributed by atoms with Crippen molar-refractivity contribution in [2.75, 3.05) is 17.2 Å². The molecule has 0 bridgehead atoms. The van der Waals surface area contributed by atoms with E-state index in [9.17, 15) is 18.0 Å². The van der Waals surface area contributed by atoms with Gasteiger partial charge in [-0.15, -0.1) is 0 Å². The fourth-order valence-electron chi connectivity index (χ4n) is 1.95. The number of benzene rings is 1. The lowest BCUT2D eigenvalue weighted by atomic mass is 10.1. The number of anilines is 2. The van der Waals surface area contributed by atoms with Crippen LogP contribution in [0.15, 0.2) is 18.2 Å². The Bertz CT molecular complexity index is 516. The van der Waals surface area contributed by atoms with Gasteiger partial charge in [-0.3, -0.25) is 4.79 Å². The molecule has 130 valence electrons. The van der Waals surface area contributed by atoms with Crippen LogP contribution in [0.1, 0.15) is 45.1 Å². The van der Waals surface area contributed by atoms with Crippen LogP contribution in [0.3, 0.4) is 0 Å². The van der Waals surface area contributed by atoms with Crippen LogP contribution in [0.25, 0.3) is 0 Å². The largest absolute Gasteiger partial charge is 0.416 e. The zero-order chi connectivity index (χ0) is 17.5. The molecule has 1 aromatic carbocycles. The standard InChI is InChI=1S/C16H24F3N3O/c1-3-4-9-21-13-7-6-12(16(17,18)19)10-14(13)22-15(23)8-5-11(2)20/h6-7,10-11,21H,3-5,8-9,20H2,1-2H3,(H,22,23). The number of unbranched alkanes of at least 4 members (excludes halogenated alkanes) is 1. The maximum absolute atomic E-state index is 12.8. The van der Waals surface area contributed by atoms with Gasteiger partial charge in [0.1, 0.15) is 0 Å². The minimum Gasteiger partial charge on any atom is -0.383 e. The lowest BCUT2D eigenvalue weighted by Gasteiger charge is -2.16. The molecule has 0 saturated carbocycles. The molecule has 0 aliphatic carbocycles. The fraction of sp³-hybridized carbons (Fsp3) is 0.562. The lowest BCUT2D eigenvalue weighted by molar-refractivity contribution is -0.137. The molecule has 7 heteroatoms. The van der Waals surface area contributed by atoms with Crippen LogP contribution < -0.4 is 16.4 Å². The molecule has 23 heavy (non-hydrogen) atoms. The Kier molecular flexibility index (Phi) is 7.35. The molecule has 0 saturated heterocycles. The third-order valence-electron chi connectivity index (χ3n) is 3.29. The fourth-order valence-corrected chi connectivity index (χ4v) is 1.95. The van der Waals surface area contributed by atoms with Crippen molar-refractivity contribution in [3.05, 3.63) is 23.8 Å². The number of halogens is 3. The van der Waals surface area contributed by atoms with Crippen LogP contribution in [0.5, 0.6) is 0 Å². The first-order valence-electron chi connectivity index (χ1n) is 7.74. The molecule has 4 N–H and O–H groups in total. The van der Waals surface area contributed by atoms with Crippen molar-refractivity contribution in [3.8, 4) is 0 Å². The molecule has 1 unspecified atom stereocenters. The smallest absolute Gasteiger partial charge is 0.383 e. The van der Waals surface area contributed by atoms with Gasteiger partial charge in [-0.1, -0.05) is 13.3 Å². The van der Waals surface area contributed by atoms with Gasteiger partial charge in [0.25, 0.3) is 0 Å². The molecule has 0 spiro atoms. The van der Waals surface area contributed by atoms with Gasteiger partial charge in [0, 0.05) is 19.0 Å². The van der Waals surface area contributed by atoms with E-state index in [2.05, 4.69) is 10.6 Å². The summed E-state index contributed by atoms with van der Waals surface area (Å²) in [6.07, 6.45) is -1.96. The molecule has 0 aromatic heterocycles. The SMILES string of the molecule is CCCCNc1ccc(C(F)(F)F)cc1NC(=O)CCC(C)N. The van der Waals surface area contributed by atoms with E-state index < -0.39 is 11.7 Å². The minimum absolute atomic E-state index is 0.135. The first-order valence-corrected chi connectivity index (χ1v) is 7.74. The highest BCUT2D eigenvalue weighted by Crippen LogP contribution is 2.34.